The molecule has 2 rings (SSSR count). The zero-order chi connectivity index (χ0) is 13.0. The Morgan fingerprint density at radius 3 is 2.56 bits per heavy atom. The van der Waals surface area contributed by atoms with Crippen LogP contribution < -0.4 is 4.74 Å². The van der Waals surface area contributed by atoms with Crippen LogP contribution in [0.2, 0.25) is 0 Å². The third kappa shape index (κ3) is 3.43. The molecule has 0 unspecified atom stereocenters. The Labute approximate surface area is 118 Å². The Bertz CT molecular complexity index is 557. The summed E-state index contributed by atoms with van der Waals surface area (Å²) in [6, 6.07) is 14.4. The van der Waals surface area contributed by atoms with Gasteiger partial charge in [0.15, 0.2) is 0 Å². The van der Waals surface area contributed by atoms with Crippen LogP contribution in [0.5, 0.6) is 5.75 Å². The van der Waals surface area contributed by atoms with Crippen molar-refractivity contribution in [2.75, 3.05) is 0 Å². The number of hydrogen-bond acceptors (Lipinski definition) is 3. The number of non-ortho nitro benzene ring substituents is 1. The summed E-state index contributed by atoms with van der Waals surface area (Å²) >= 11 is 2.03. The van der Waals surface area contributed by atoms with Crippen LogP contribution in [0.1, 0.15) is 5.56 Å². The van der Waals surface area contributed by atoms with Crippen LogP contribution >= 0.6 is 22.6 Å². The highest BCUT2D eigenvalue weighted by Crippen LogP contribution is 2.24. The lowest BCUT2D eigenvalue weighted by Gasteiger charge is -2.06. The standard InChI is InChI=1S/C13H10INO3/c14-11-6-12(15(16)17)8-13(7-11)18-9-10-4-2-1-3-5-10/h1-8H,9H2. The molecule has 2 aromatic carbocycles. The van der Waals surface area contributed by atoms with Gasteiger partial charge in [0.1, 0.15) is 12.4 Å². The summed E-state index contributed by atoms with van der Waals surface area (Å²) in [7, 11) is 0. The van der Waals surface area contributed by atoms with Gasteiger partial charge in [-0.2, -0.15) is 0 Å². The molecule has 0 spiro atoms. The van der Waals surface area contributed by atoms with Gasteiger partial charge in [0, 0.05) is 9.64 Å². The van der Waals surface area contributed by atoms with E-state index < -0.39 is 4.92 Å². The van der Waals surface area contributed by atoms with Gasteiger partial charge in [-0.05, 0) is 34.2 Å². The SMILES string of the molecule is O=[N+]([O-])c1cc(I)cc(OCc2ccccc2)c1. The maximum absolute atomic E-state index is 10.7. The van der Waals surface area contributed by atoms with Gasteiger partial charge in [-0.3, -0.25) is 10.1 Å². The van der Waals surface area contributed by atoms with E-state index >= 15 is 0 Å². The van der Waals surface area contributed by atoms with Gasteiger partial charge in [-0.25, -0.2) is 0 Å². The number of benzene rings is 2. The molecule has 4 nitrogen and oxygen atoms in total. The first-order chi connectivity index (χ1) is 8.65. The molecule has 0 aliphatic rings. The normalized spacial score (nSPS) is 10.1. The zero-order valence-electron chi connectivity index (χ0n) is 9.38. The predicted molar refractivity (Wildman–Crippen MR) is 76.6 cm³/mol. The minimum Gasteiger partial charge on any atom is -0.489 e. The number of halogens is 1. The van der Waals surface area contributed by atoms with Crippen LogP contribution in [0, 0.1) is 13.7 Å². The van der Waals surface area contributed by atoms with Crippen molar-refractivity contribution < 1.29 is 9.66 Å². The number of ether oxygens (including phenoxy) is 1. The fourth-order valence-corrected chi connectivity index (χ4v) is 2.10. The Balaban J connectivity index is 2.12. The smallest absolute Gasteiger partial charge is 0.274 e. The number of nitro benzene ring substituents is 1. The molecule has 0 bridgehead atoms. The largest absolute Gasteiger partial charge is 0.489 e. The minimum absolute atomic E-state index is 0.0463. The molecule has 0 aliphatic carbocycles. The number of rotatable bonds is 4. The molecule has 0 amide bonds. The average molecular weight is 355 g/mol. The van der Waals surface area contributed by atoms with Crippen LogP contribution in [-0.2, 0) is 6.61 Å². The minimum atomic E-state index is -0.419. The van der Waals surface area contributed by atoms with Crippen LogP contribution in [0.15, 0.2) is 48.5 Å². The van der Waals surface area contributed by atoms with Crippen LogP contribution in [-0.4, -0.2) is 4.92 Å². The number of nitrogens with zero attached hydrogens (tertiary/aromatic N) is 1. The third-order valence-electron chi connectivity index (χ3n) is 2.32. The topological polar surface area (TPSA) is 52.4 Å². The second-order valence-corrected chi connectivity index (χ2v) is 4.92. The number of nitro groups is 1. The molecule has 2 aromatic rings. The summed E-state index contributed by atoms with van der Waals surface area (Å²) in [6.07, 6.45) is 0. The van der Waals surface area contributed by atoms with Gasteiger partial charge < -0.3 is 4.74 Å². The summed E-state index contributed by atoms with van der Waals surface area (Å²) in [5.41, 5.74) is 1.07. The second-order valence-electron chi connectivity index (χ2n) is 3.68. The highest BCUT2D eigenvalue weighted by Gasteiger charge is 2.09. The van der Waals surface area contributed by atoms with Crippen LogP contribution in [0.3, 0.4) is 0 Å². The van der Waals surface area contributed by atoms with Crippen molar-refractivity contribution in [3.05, 3.63) is 67.8 Å². The quantitative estimate of drug-likeness (QED) is 0.477. The van der Waals surface area contributed by atoms with E-state index in [-0.39, 0.29) is 5.69 Å². The monoisotopic (exact) mass is 355 g/mol. The van der Waals surface area contributed by atoms with Crippen molar-refractivity contribution in [2.45, 2.75) is 6.61 Å². The van der Waals surface area contributed by atoms with Crippen molar-refractivity contribution in [3.8, 4) is 5.75 Å². The van der Waals surface area contributed by atoms with Gasteiger partial charge >= 0.3 is 0 Å². The maximum Gasteiger partial charge on any atom is 0.274 e. The predicted octanol–water partition coefficient (Wildman–Crippen LogP) is 3.78. The Kier molecular flexibility index (Phi) is 4.14. The molecule has 0 aliphatic heterocycles. The molecule has 0 saturated carbocycles. The van der Waals surface area contributed by atoms with E-state index in [1.165, 1.54) is 12.1 Å². The van der Waals surface area contributed by atoms with Crippen molar-refractivity contribution in [1.29, 1.82) is 0 Å². The molecular formula is C13H10INO3. The zero-order valence-corrected chi connectivity index (χ0v) is 11.5. The Morgan fingerprint density at radius 1 is 1.17 bits per heavy atom. The van der Waals surface area contributed by atoms with Crippen molar-refractivity contribution in [2.24, 2.45) is 0 Å². The average Bonchev–Trinajstić information content (AvgIpc) is 2.37. The molecule has 5 heteroatoms. The first-order valence-corrected chi connectivity index (χ1v) is 6.35. The van der Waals surface area contributed by atoms with Gasteiger partial charge in [0.25, 0.3) is 5.69 Å². The van der Waals surface area contributed by atoms with E-state index in [1.807, 2.05) is 52.9 Å². The fourth-order valence-electron chi connectivity index (χ4n) is 1.48. The molecule has 0 aromatic heterocycles. The van der Waals surface area contributed by atoms with E-state index in [4.69, 9.17) is 4.74 Å². The van der Waals surface area contributed by atoms with Gasteiger partial charge in [0.2, 0.25) is 0 Å². The van der Waals surface area contributed by atoms with E-state index in [0.717, 1.165) is 9.13 Å². The highest BCUT2D eigenvalue weighted by molar-refractivity contribution is 14.1. The lowest BCUT2D eigenvalue weighted by atomic mass is 10.2. The van der Waals surface area contributed by atoms with E-state index in [9.17, 15) is 10.1 Å². The summed E-state index contributed by atoms with van der Waals surface area (Å²) in [5.74, 6) is 0.512. The van der Waals surface area contributed by atoms with Crippen LogP contribution in [0.25, 0.3) is 0 Å². The summed E-state index contributed by atoms with van der Waals surface area (Å²) < 4.78 is 6.34. The van der Waals surface area contributed by atoms with Crippen molar-refractivity contribution in [3.63, 3.8) is 0 Å². The third-order valence-corrected chi connectivity index (χ3v) is 2.94. The van der Waals surface area contributed by atoms with Gasteiger partial charge in [0.05, 0.1) is 11.0 Å². The van der Waals surface area contributed by atoms with Crippen molar-refractivity contribution in [1.82, 2.24) is 0 Å². The Morgan fingerprint density at radius 2 is 1.89 bits per heavy atom. The van der Waals surface area contributed by atoms with Gasteiger partial charge in [-0.15, -0.1) is 0 Å². The molecule has 0 radical (unpaired) electrons. The lowest BCUT2D eigenvalue weighted by Crippen LogP contribution is -1.97. The first kappa shape index (κ1) is 12.8. The summed E-state index contributed by atoms with van der Waals surface area (Å²) in [6.45, 7) is 0.401. The highest BCUT2D eigenvalue weighted by atomic mass is 127. The second kappa shape index (κ2) is 5.81. The molecule has 92 valence electrons. The molecule has 0 fully saturated rings. The molecule has 0 atom stereocenters. The summed E-state index contributed by atoms with van der Waals surface area (Å²) in [4.78, 5) is 10.3. The first-order valence-electron chi connectivity index (χ1n) is 5.27. The van der Waals surface area contributed by atoms with Crippen LogP contribution in [0.4, 0.5) is 5.69 Å². The lowest BCUT2D eigenvalue weighted by molar-refractivity contribution is -0.385. The van der Waals surface area contributed by atoms with Crippen molar-refractivity contribution >= 4 is 28.3 Å². The molecule has 0 N–H and O–H groups in total. The fraction of sp³-hybridized carbons (Fsp3) is 0.0769. The molecule has 0 saturated heterocycles. The van der Waals surface area contributed by atoms with E-state index in [1.54, 1.807) is 6.07 Å². The summed E-state index contributed by atoms with van der Waals surface area (Å²) in [5, 5.41) is 10.7. The van der Waals surface area contributed by atoms with Gasteiger partial charge in [-0.1, -0.05) is 30.3 Å². The maximum atomic E-state index is 10.7. The Hall–Kier alpha value is -1.63. The number of hydrogen-bond donors (Lipinski definition) is 0. The molecule has 0 heterocycles. The van der Waals surface area contributed by atoms with E-state index in [2.05, 4.69) is 0 Å². The molecular weight excluding hydrogens is 345 g/mol. The van der Waals surface area contributed by atoms with E-state index in [0.29, 0.717) is 12.4 Å². The molecule has 18 heavy (non-hydrogen) atoms.